The zero-order valence-electron chi connectivity index (χ0n) is 19.6. The van der Waals surface area contributed by atoms with Crippen LogP contribution in [0.2, 0.25) is 0 Å². The summed E-state index contributed by atoms with van der Waals surface area (Å²) in [4.78, 5) is 22.8. The molecule has 1 saturated heterocycles. The highest BCUT2D eigenvalue weighted by Gasteiger charge is 2.74. The Morgan fingerprint density at radius 3 is 2.42 bits per heavy atom. The molecular formula is C27H26F2N6O. The Kier molecular flexibility index (Phi) is 4.35. The van der Waals surface area contributed by atoms with Crippen LogP contribution in [0.3, 0.4) is 0 Å². The van der Waals surface area contributed by atoms with Gasteiger partial charge in [-0.3, -0.25) is 14.9 Å². The molecule has 184 valence electrons. The van der Waals surface area contributed by atoms with Crippen molar-refractivity contribution in [3.8, 4) is 0 Å². The largest absolute Gasteiger partial charge is 0.342 e. The third-order valence-corrected chi connectivity index (χ3v) is 8.73. The molecule has 3 aliphatic rings. The number of fused-ring (bicyclic) bond motifs is 2. The highest BCUT2D eigenvalue weighted by Crippen LogP contribution is 2.65. The highest BCUT2D eigenvalue weighted by atomic mass is 19.3. The number of aromatic nitrogens is 4. The first-order valence-corrected chi connectivity index (χ1v) is 12.4. The summed E-state index contributed by atoms with van der Waals surface area (Å²) in [5, 5.41) is 7.08. The molecule has 2 atom stereocenters. The molecule has 4 aromatic rings. The van der Waals surface area contributed by atoms with Crippen molar-refractivity contribution >= 4 is 17.0 Å². The van der Waals surface area contributed by atoms with E-state index in [-0.39, 0.29) is 34.6 Å². The van der Waals surface area contributed by atoms with Crippen molar-refractivity contribution in [2.75, 3.05) is 18.0 Å². The SMILES string of the molecule is N[C@@H]1c2ccccc2CC12CCN(c1nc3[nH]nc(C4(c5ccccc5)CC4(F)F)c3c(=O)[nH]1)CC2. The maximum absolute atomic E-state index is 14.8. The molecule has 1 spiro atoms. The summed E-state index contributed by atoms with van der Waals surface area (Å²) in [6, 6.07) is 16.9. The molecule has 2 aromatic carbocycles. The summed E-state index contributed by atoms with van der Waals surface area (Å²) in [5.74, 6) is -2.56. The average molecular weight is 489 g/mol. The average Bonchev–Trinajstić information content (AvgIpc) is 3.15. The highest BCUT2D eigenvalue weighted by molar-refractivity contribution is 5.81. The Balaban J connectivity index is 1.20. The Labute approximate surface area is 205 Å². The zero-order chi connectivity index (χ0) is 24.7. The summed E-state index contributed by atoms with van der Waals surface area (Å²) in [5.41, 5.74) is 7.90. The number of anilines is 1. The lowest BCUT2D eigenvalue weighted by Crippen LogP contribution is -2.45. The van der Waals surface area contributed by atoms with E-state index in [4.69, 9.17) is 5.73 Å². The maximum atomic E-state index is 14.8. The van der Waals surface area contributed by atoms with Gasteiger partial charge in [0.15, 0.2) is 5.65 Å². The van der Waals surface area contributed by atoms with E-state index in [1.54, 1.807) is 30.3 Å². The fraction of sp³-hybridized carbons (Fsp3) is 0.370. The number of piperidine rings is 1. The molecule has 2 aliphatic carbocycles. The minimum atomic E-state index is -2.99. The van der Waals surface area contributed by atoms with E-state index in [1.165, 1.54) is 11.1 Å². The van der Waals surface area contributed by atoms with Gasteiger partial charge in [-0.25, -0.2) is 8.78 Å². The van der Waals surface area contributed by atoms with Gasteiger partial charge in [-0.1, -0.05) is 54.6 Å². The smallest absolute Gasteiger partial charge is 0.264 e. The number of rotatable bonds is 3. The van der Waals surface area contributed by atoms with Crippen molar-refractivity contribution < 1.29 is 8.78 Å². The fourth-order valence-corrected chi connectivity index (χ4v) is 6.57. The molecule has 2 aromatic heterocycles. The standard InChI is InChI=1S/C27H26F2N6O/c28-27(29)15-26(27,17-7-2-1-3-8-17)21-19-22(34-33-21)31-24(32-23(19)36)35-12-10-25(11-13-35)14-16-6-4-5-9-18(16)20(25)30/h1-9,20H,10-15,30H2,(H2,31,32,33,34,36)/t20-,26?/m1/s1. The van der Waals surface area contributed by atoms with E-state index in [1.807, 2.05) is 11.0 Å². The fourth-order valence-electron chi connectivity index (χ4n) is 6.57. The van der Waals surface area contributed by atoms with Crippen LogP contribution < -0.4 is 16.2 Å². The molecule has 7 rings (SSSR count). The Bertz CT molecular complexity index is 1540. The van der Waals surface area contributed by atoms with Crippen LogP contribution in [-0.4, -0.2) is 39.2 Å². The van der Waals surface area contributed by atoms with Gasteiger partial charge < -0.3 is 10.6 Å². The molecule has 0 radical (unpaired) electrons. The van der Waals surface area contributed by atoms with E-state index >= 15 is 0 Å². The van der Waals surface area contributed by atoms with E-state index < -0.39 is 16.9 Å². The Hall–Kier alpha value is -3.59. The van der Waals surface area contributed by atoms with Gasteiger partial charge in [-0.2, -0.15) is 10.1 Å². The Morgan fingerprint density at radius 1 is 1.03 bits per heavy atom. The first kappa shape index (κ1) is 21.7. The lowest BCUT2D eigenvalue weighted by molar-refractivity contribution is 0.0960. The van der Waals surface area contributed by atoms with Crippen LogP contribution in [-0.2, 0) is 11.8 Å². The summed E-state index contributed by atoms with van der Waals surface area (Å²) < 4.78 is 29.6. The van der Waals surface area contributed by atoms with Gasteiger partial charge >= 0.3 is 0 Å². The number of hydrogen-bond acceptors (Lipinski definition) is 5. The van der Waals surface area contributed by atoms with Gasteiger partial charge in [0.25, 0.3) is 11.5 Å². The summed E-state index contributed by atoms with van der Waals surface area (Å²) in [6.07, 6.45) is 2.33. The normalized spacial score (nSPS) is 25.9. The van der Waals surface area contributed by atoms with E-state index in [0.717, 1.165) is 19.3 Å². The van der Waals surface area contributed by atoms with Gasteiger partial charge in [0, 0.05) is 25.6 Å². The minimum absolute atomic E-state index is 0.00473. The quantitative estimate of drug-likeness (QED) is 0.407. The number of nitrogens with zero attached hydrogens (tertiary/aromatic N) is 3. The van der Waals surface area contributed by atoms with Gasteiger partial charge in [0.05, 0.1) is 5.69 Å². The second kappa shape index (κ2) is 7.22. The molecule has 1 unspecified atom stereocenters. The van der Waals surface area contributed by atoms with Crippen LogP contribution in [0, 0.1) is 5.41 Å². The molecule has 1 aliphatic heterocycles. The van der Waals surface area contributed by atoms with Crippen LogP contribution in [0.1, 0.15) is 47.7 Å². The van der Waals surface area contributed by atoms with Crippen LogP contribution in [0.15, 0.2) is 59.4 Å². The van der Waals surface area contributed by atoms with Gasteiger partial charge in [0.2, 0.25) is 5.95 Å². The predicted octanol–water partition coefficient (Wildman–Crippen LogP) is 3.81. The predicted molar refractivity (Wildman–Crippen MR) is 132 cm³/mol. The van der Waals surface area contributed by atoms with Crippen molar-refractivity contribution in [3.63, 3.8) is 0 Å². The van der Waals surface area contributed by atoms with Crippen LogP contribution in [0.25, 0.3) is 11.0 Å². The zero-order valence-corrected chi connectivity index (χ0v) is 19.6. The lowest BCUT2D eigenvalue weighted by Gasteiger charge is -2.42. The Morgan fingerprint density at radius 2 is 1.72 bits per heavy atom. The van der Waals surface area contributed by atoms with Crippen LogP contribution >= 0.6 is 0 Å². The van der Waals surface area contributed by atoms with Gasteiger partial charge in [-0.15, -0.1) is 0 Å². The molecule has 0 bridgehead atoms. The topological polar surface area (TPSA) is 104 Å². The second-order valence-electron chi connectivity index (χ2n) is 10.5. The molecule has 3 heterocycles. The number of nitrogens with two attached hydrogens (primary N) is 1. The maximum Gasteiger partial charge on any atom is 0.264 e. The molecule has 0 amide bonds. The van der Waals surface area contributed by atoms with Crippen LogP contribution in [0.4, 0.5) is 14.7 Å². The number of halogens is 2. The lowest BCUT2D eigenvalue weighted by atomic mass is 9.73. The molecule has 36 heavy (non-hydrogen) atoms. The molecule has 9 heteroatoms. The number of nitrogens with one attached hydrogen (secondary N) is 2. The number of alkyl halides is 2. The van der Waals surface area contributed by atoms with Crippen molar-refractivity contribution in [1.29, 1.82) is 0 Å². The monoisotopic (exact) mass is 488 g/mol. The molecule has 7 nitrogen and oxygen atoms in total. The van der Waals surface area contributed by atoms with E-state index in [2.05, 4.69) is 38.4 Å². The van der Waals surface area contributed by atoms with Crippen molar-refractivity contribution in [3.05, 3.63) is 87.3 Å². The number of H-pyrrole nitrogens is 2. The molecule has 4 N–H and O–H groups in total. The van der Waals surface area contributed by atoms with Gasteiger partial charge in [0.1, 0.15) is 10.8 Å². The minimum Gasteiger partial charge on any atom is -0.342 e. The first-order valence-electron chi connectivity index (χ1n) is 12.4. The van der Waals surface area contributed by atoms with E-state index in [0.29, 0.717) is 24.6 Å². The number of benzene rings is 2. The third kappa shape index (κ3) is 2.83. The van der Waals surface area contributed by atoms with Crippen molar-refractivity contribution in [2.45, 2.75) is 43.1 Å². The van der Waals surface area contributed by atoms with Gasteiger partial charge in [-0.05, 0) is 41.4 Å². The molecule has 1 saturated carbocycles. The van der Waals surface area contributed by atoms with E-state index in [9.17, 15) is 13.6 Å². The van der Waals surface area contributed by atoms with Crippen molar-refractivity contribution in [2.24, 2.45) is 11.1 Å². The van der Waals surface area contributed by atoms with Crippen molar-refractivity contribution in [1.82, 2.24) is 20.2 Å². The number of hydrogen-bond donors (Lipinski definition) is 3. The number of aromatic amines is 2. The second-order valence-corrected chi connectivity index (χ2v) is 10.5. The first-order chi connectivity index (χ1) is 17.3. The summed E-state index contributed by atoms with van der Waals surface area (Å²) >= 11 is 0. The van der Waals surface area contributed by atoms with Crippen LogP contribution in [0.5, 0.6) is 0 Å². The molecular weight excluding hydrogens is 462 g/mol. The summed E-state index contributed by atoms with van der Waals surface area (Å²) in [7, 11) is 0. The molecule has 2 fully saturated rings. The summed E-state index contributed by atoms with van der Waals surface area (Å²) in [6.45, 7) is 1.40. The third-order valence-electron chi connectivity index (χ3n) is 8.73.